The molecule has 1 fully saturated rings. The van der Waals surface area contributed by atoms with Gasteiger partial charge in [-0.1, -0.05) is 36.1 Å². The van der Waals surface area contributed by atoms with Crippen LogP contribution in [-0.2, 0) is 14.3 Å². The lowest BCUT2D eigenvalue weighted by Crippen LogP contribution is -2.29. The number of methoxy groups -OCH3 is 1. The first-order chi connectivity index (χ1) is 17.3. The predicted octanol–water partition coefficient (Wildman–Crippen LogP) is 4.57. The number of hydrogen-bond acceptors (Lipinski definition) is 8. The van der Waals surface area contributed by atoms with Crippen LogP contribution in [0.1, 0.15) is 32.5 Å². The summed E-state index contributed by atoms with van der Waals surface area (Å²) in [5.74, 6) is -2.92. The molecule has 0 radical (unpaired) electrons. The van der Waals surface area contributed by atoms with E-state index in [4.69, 9.17) is 9.47 Å². The highest BCUT2D eigenvalue weighted by molar-refractivity contribution is 7.17. The van der Waals surface area contributed by atoms with Gasteiger partial charge in [-0.05, 0) is 48.9 Å². The summed E-state index contributed by atoms with van der Waals surface area (Å²) >= 11 is 0.875. The van der Waals surface area contributed by atoms with Crippen molar-refractivity contribution >= 4 is 39.9 Å². The van der Waals surface area contributed by atoms with Gasteiger partial charge in [0.25, 0.3) is 5.78 Å². The molecule has 8 nitrogen and oxygen atoms in total. The fourth-order valence-corrected chi connectivity index (χ4v) is 4.76. The Hall–Kier alpha value is -4.31. The molecule has 0 aliphatic carbocycles. The summed E-state index contributed by atoms with van der Waals surface area (Å²) < 4.78 is 23.9. The van der Waals surface area contributed by atoms with Gasteiger partial charge in [0, 0.05) is 5.56 Å². The van der Waals surface area contributed by atoms with Crippen LogP contribution in [0.15, 0.2) is 66.8 Å². The normalized spacial score (nSPS) is 16.8. The van der Waals surface area contributed by atoms with Crippen molar-refractivity contribution in [3.8, 4) is 5.75 Å². The molecule has 184 valence electrons. The fourth-order valence-electron chi connectivity index (χ4n) is 3.77. The Morgan fingerprint density at radius 1 is 1.19 bits per heavy atom. The zero-order valence-corrected chi connectivity index (χ0v) is 20.2. The highest BCUT2D eigenvalue weighted by Crippen LogP contribution is 2.44. The first kappa shape index (κ1) is 24.8. The van der Waals surface area contributed by atoms with E-state index in [2.05, 4.69) is 11.6 Å². The van der Waals surface area contributed by atoms with Crippen LogP contribution in [0.5, 0.6) is 5.75 Å². The van der Waals surface area contributed by atoms with Gasteiger partial charge in [-0.2, -0.15) is 0 Å². The minimum absolute atomic E-state index is 0.00649. The van der Waals surface area contributed by atoms with Crippen LogP contribution >= 0.6 is 11.3 Å². The molecule has 10 heteroatoms. The number of anilines is 1. The molecule has 1 aliphatic rings. The Labute approximate surface area is 209 Å². The molecule has 1 aromatic heterocycles. The minimum atomic E-state index is -1.12. The lowest BCUT2D eigenvalue weighted by atomic mass is 9.95. The standard InChI is InChI=1S/C26H21FN2O6S/c1-4-13-35-25(33)23-14(2)28-26(36-23)29-20(15-5-9-17(27)10-6-15)19(22(31)24(29)32)21(30)16-7-11-18(34-3)12-8-16/h4-12,20,30H,1,13H2,2-3H3/b21-19-. The number of aromatic nitrogens is 1. The fraction of sp³-hybridized carbons (Fsp3) is 0.154. The number of esters is 1. The van der Waals surface area contributed by atoms with E-state index in [0.717, 1.165) is 16.2 Å². The molecule has 0 saturated carbocycles. The Bertz CT molecular complexity index is 1380. The Morgan fingerprint density at radius 2 is 1.86 bits per heavy atom. The number of thiazole rings is 1. The Balaban J connectivity index is 1.86. The SMILES string of the molecule is C=CCOC(=O)c1sc(N2C(=O)C(=O)/C(=C(\O)c3ccc(OC)cc3)C2c2ccc(F)cc2)nc1C. The number of nitrogens with zero attached hydrogens (tertiary/aromatic N) is 2. The van der Waals surface area contributed by atoms with Gasteiger partial charge in [0.1, 0.15) is 28.8 Å². The van der Waals surface area contributed by atoms with Gasteiger partial charge >= 0.3 is 11.9 Å². The second-order valence-electron chi connectivity index (χ2n) is 7.75. The third-order valence-electron chi connectivity index (χ3n) is 5.50. The smallest absolute Gasteiger partial charge is 0.350 e. The van der Waals surface area contributed by atoms with E-state index in [1.807, 2.05) is 0 Å². The number of halogens is 1. The summed E-state index contributed by atoms with van der Waals surface area (Å²) in [5.41, 5.74) is 0.763. The Morgan fingerprint density at radius 3 is 2.47 bits per heavy atom. The monoisotopic (exact) mass is 508 g/mol. The number of aliphatic hydroxyl groups excluding tert-OH is 1. The van der Waals surface area contributed by atoms with Gasteiger partial charge < -0.3 is 14.6 Å². The molecule has 1 amide bonds. The van der Waals surface area contributed by atoms with E-state index in [1.165, 1.54) is 37.5 Å². The molecule has 2 aromatic carbocycles. The third-order valence-corrected chi connectivity index (χ3v) is 6.64. The van der Waals surface area contributed by atoms with Crippen molar-refractivity contribution in [3.63, 3.8) is 0 Å². The number of benzene rings is 2. The van der Waals surface area contributed by atoms with Gasteiger partial charge in [-0.15, -0.1) is 0 Å². The van der Waals surface area contributed by atoms with Gasteiger partial charge in [-0.3, -0.25) is 14.5 Å². The number of aliphatic hydroxyl groups is 1. The number of aryl methyl sites for hydroxylation is 1. The van der Waals surface area contributed by atoms with Gasteiger partial charge in [-0.25, -0.2) is 14.2 Å². The molecule has 36 heavy (non-hydrogen) atoms. The average molecular weight is 509 g/mol. The quantitative estimate of drug-likeness (QED) is 0.164. The zero-order chi connectivity index (χ0) is 26.0. The van der Waals surface area contributed by atoms with Gasteiger partial charge in [0.05, 0.1) is 24.4 Å². The van der Waals surface area contributed by atoms with Crippen molar-refractivity contribution in [1.82, 2.24) is 4.98 Å². The number of hydrogen-bond donors (Lipinski definition) is 1. The molecule has 0 bridgehead atoms. The molecule has 1 saturated heterocycles. The van der Waals surface area contributed by atoms with Crippen LogP contribution in [0, 0.1) is 12.7 Å². The molecule has 1 atom stereocenters. The van der Waals surface area contributed by atoms with E-state index in [9.17, 15) is 23.9 Å². The van der Waals surface area contributed by atoms with Crippen LogP contribution in [-0.4, -0.2) is 41.5 Å². The molecular formula is C26H21FN2O6S. The second kappa shape index (κ2) is 10.1. The Kier molecular flexibility index (Phi) is 6.98. The molecule has 4 rings (SSSR count). The maximum Gasteiger partial charge on any atom is 0.350 e. The van der Waals surface area contributed by atoms with Gasteiger partial charge in [0.15, 0.2) is 5.13 Å². The number of Topliss-reactive ketones (excluding diaryl/α,β-unsaturated/α-hetero) is 1. The van der Waals surface area contributed by atoms with E-state index in [0.29, 0.717) is 17.0 Å². The van der Waals surface area contributed by atoms with Crippen molar-refractivity contribution in [2.45, 2.75) is 13.0 Å². The van der Waals surface area contributed by atoms with Crippen molar-refractivity contribution in [2.24, 2.45) is 0 Å². The van der Waals surface area contributed by atoms with E-state index >= 15 is 0 Å². The lowest BCUT2D eigenvalue weighted by Gasteiger charge is -2.23. The minimum Gasteiger partial charge on any atom is -0.507 e. The summed E-state index contributed by atoms with van der Waals surface area (Å²) in [6, 6.07) is 10.4. The topological polar surface area (TPSA) is 106 Å². The van der Waals surface area contributed by atoms with Crippen LogP contribution in [0.3, 0.4) is 0 Å². The van der Waals surface area contributed by atoms with Gasteiger partial charge in [0.2, 0.25) is 0 Å². The summed E-state index contributed by atoms with van der Waals surface area (Å²) in [4.78, 5) is 44.5. The molecule has 1 aliphatic heterocycles. The molecule has 0 spiro atoms. The summed E-state index contributed by atoms with van der Waals surface area (Å²) in [5, 5.41) is 11.2. The van der Waals surface area contributed by atoms with E-state index in [1.54, 1.807) is 31.2 Å². The second-order valence-corrected chi connectivity index (χ2v) is 8.72. The summed E-state index contributed by atoms with van der Waals surface area (Å²) in [6.07, 6.45) is 1.42. The molecular weight excluding hydrogens is 487 g/mol. The van der Waals surface area contributed by atoms with E-state index in [-0.39, 0.29) is 27.8 Å². The maximum atomic E-state index is 13.7. The summed E-state index contributed by atoms with van der Waals surface area (Å²) in [6.45, 7) is 5.07. The van der Waals surface area contributed by atoms with Crippen LogP contribution < -0.4 is 9.64 Å². The number of ketones is 1. The maximum absolute atomic E-state index is 13.7. The number of amides is 1. The van der Waals surface area contributed by atoms with Crippen molar-refractivity contribution in [1.29, 1.82) is 0 Å². The molecule has 3 aromatic rings. The van der Waals surface area contributed by atoms with Crippen molar-refractivity contribution < 1.29 is 33.4 Å². The third kappa shape index (κ3) is 4.50. The summed E-state index contributed by atoms with van der Waals surface area (Å²) in [7, 11) is 1.49. The highest BCUT2D eigenvalue weighted by Gasteiger charge is 2.48. The van der Waals surface area contributed by atoms with Crippen LogP contribution in [0.2, 0.25) is 0 Å². The molecule has 2 heterocycles. The van der Waals surface area contributed by atoms with Crippen molar-refractivity contribution in [2.75, 3.05) is 18.6 Å². The lowest BCUT2D eigenvalue weighted by molar-refractivity contribution is -0.132. The predicted molar refractivity (Wildman–Crippen MR) is 132 cm³/mol. The molecule has 1 N–H and O–H groups in total. The van der Waals surface area contributed by atoms with Crippen LogP contribution in [0.25, 0.3) is 5.76 Å². The number of carbonyl (C=O) groups is 3. The van der Waals surface area contributed by atoms with Crippen LogP contribution in [0.4, 0.5) is 9.52 Å². The number of rotatable bonds is 7. The first-order valence-electron chi connectivity index (χ1n) is 10.7. The van der Waals surface area contributed by atoms with E-state index < -0.39 is 35.3 Å². The molecule has 1 unspecified atom stereocenters. The zero-order valence-electron chi connectivity index (χ0n) is 19.4. The average Bonchev–Trinajstić information content (AvgIpc) is 3.39. The number of ether oxygens (including phenoxy) is 2. The van der Waals surface area contributed by atoms with Crippen molar-refractivity contribution in [3.05, 3.63) is 94.3 Å². The largest absolute Gasteiger partial charge is 0.507 e. The highest BCUT2D eigenvalue weighted by atomic mass is 32.1. The number of carbonyl (C=O) groups excluding carboxylic acids is 3. The first-order valence-corrected chi connectivity index (χ1v) is 11.5.